The number of hydrogen-bond acceptors (Lipinski definition) is 4. The molecule has 5 heteroatoms. The van der Waals surface area contributed by atoms with Crippen molar-refractivity contribution in [2.45, 2.75) is 18.0 Å². The number of rotatable bonds is 9. The molecule has 3 aromatic carbocycles. The summed E-state index contributed by atoms with van der Waals surface area (Å²) in [5.74, 6) is 0.508. The van der Waals surface area contributed by atoms with E-state index in [2.05, 4.69) is 24.3 Å². The Morgan fingerprint density at radius 2 is 1.62 bits per heavy atom. The average molecular weight is 407 g/mol. The molecule has 0 saturated carbocycles. The van der Waals surface area contributed by atoms with Gasteiger partial charge in [0.05, 0.1) is 5.56 Å². The Morgan fingerprint density at radius 3 is 2.31 bits per heavy atom. The lowest BCUT2D eigenvalue weighted by molar-refractivity contribution is 0.0743. The lowest BCUT2D eigenvalue weighted by Gasteiger charge is -2.23. The van der Waals surface area contributed by atoms with Gasteiger partial charge in [0.1, 0.15) is 12.4 Å². The molecule has 0 atom stereocenters. The van der Waals surface area contributed by atoms with Gasteiger partial charge in [-0.05, 0) is 41.6 Å². The maximum absolute atomic E-state index is 13.3. The number of hydrogen-bond donors (Lipinski definition) is 1. The Balaban J connectivity index is 1.76. The van der Waals surface area contributed by atoms with Gasteiger partial charge in [0.25, 0.3) is 5.91 Å². The summed E-state index contributed by atoms with van der Waals surface area (Å²) in [5, 5.41) is 0. The molecular formula is C24H26N2O2S. The first kappa shape index (κ1) is 21.0. The zero-order valence-electron chi connectivity index (χ0n) is 16.6. The quantitative estimate of drug-likeness (QED) is 0.528. The van der Waals surface area contributed by atoms with Crippen LogP contribution in [0.3, 0.4) is 0 Å². The van der Waals surface area contributed by atoms with E-state index in [0.29, 0.717) is 37.6 Å². The summed E-state index contributed by atoms with van der Waals surface area (Å²) < 4.78 is 5.97. The fourth-order valence-electron chi connectivity index (χ4n) is 3.03. The molecule has 0 aliphatic heterocycles. The first-order valence-electron chi connectivity index (χ1n) is 9.59. The average Bonchev–Trinajstić information content (AvgIpc) is 2.78. The van der Waals surface area contributed by atoms with Crippen molar-refractivity contribution in [1.29, 1.82) is 0 Å². The van der Waals surface area contributed by atoms with Crippen LogP contribution in [-0.4, -0.2) is 30.2 Å². The molecule has 0 heterocycles. The number of carbonyl (C=O) groups is 1. The minimum Gasteiger partial charge on any atom is -0.488 e. The number of thioether (sulfide) groups is 1. The molecule has 150 valence electrons. The maximum Gasteiger partial charge on any atom is 0.257 e. The van der Waals surface area contributed by atoms with Crippen LogP contribution in [0, 0.1) is 0 Å². The van der Waals surface area contributed by atoms with Gasteiger partial charge in [0, 0.05) is 24.5 Å². The number of para-hydroxylation sites is 1. The highest BCUT2D eigenvalue weighted by molar-refractivity contribution is 7.98. The van der Waals surface area contributed by atoms with Crippen LogP contribution in [0.2, 0.25) is 0 Å². The third-order valence-corrected chi connectivity index (χ3v) is 5.32. The SMILES string of the molecule is CSc1ccc(CN(CCN)C(=O)c2ccccc2OCc2ccccc2)cc1. The van der Waals surface area contributed by atoms with Crippen LogP contribution < -0.4 is 10.5 Å². The second-order valence-electron chi connectivity index (χ2n) is 6.63. The first-order valence-corrected chi connectivity index (χ1v) is 10.8. The van der Waals surface area contributed by atoms with Gasteiger partial charge in [-0.25, -0.2) is 0 Å². The molecule has 0 aromatic heterocycles. The Labute approximate surface area is 176 Å². The maximum atomic E-state index is 13.3. The van der Waals surface area contributed by atoms with Crippen LogP contribution in [0.4, 0.5) is 0 Å². The number of nitrogens with two attached hydrogens (primary N) is 1. The largest absolute Gasteiger partial charge is 0.488 e. The van der Waals surface area contributed by atoms with E-state index in [0.717, 1.165) is 11.1 Å². The van der Waals surface area contributed by atoms with Gasteiger partial charge in [-0.2, -0.15) is 0 Å². The summed E-state index contributed by atoms with van der Waals surface area (Å²) >= 11 is 1.70. The van der Waals surface area contributed by atoms with Gasteiger partial charge in [-0.3, -0.25) is 4.79 Å². The van der Waals surface area contributed by atoms with Crippen molar-refractivity contribution >= 4 is 17.7 Å². The molecule has 0 radical (unpaired) electrons. The number of benzene rings is 3. The van der Waals surface area contributed by atoms with Crippen LogP contribution >= 0.6 is 11.8 Å². The molecule has 0 saturated heterocycles. The molecule has 0 spiro atoms. The Kier molecular flexibility index (Phi) is 7.73. The van der Waals surface area contributed by atoms with Crippen LogP contribution in [0.25, 0.3) is 0 Å². The van der Waals surface area contributed by atoms with Crippen molar-refractivity contribution < 1.29 is 9.53 Å². The van der Waals surface area contributed by atoms with E-state index in [-0.39, 0.29) is 5.91 Å². The van der Waals surface area contributed by atoms with Gasteiger partial charge in [0.15, 0.2) is 0 Å². The summed E-state index contributed by atoms with van der Waals surface area (Å²) in [6.07, 6.45) is 2.05. The van der Waals surface area contributed by atoms with Gasteiger partial charge < -0.3 is 15.4 Å². The molecule has 29 heavy (non-hydrogen) atoms. The van der Waals surface area contributed by atoms with Gasteiger partial charge in [0.2, 0.25) is 0 Å². The van der Waals surface area contributed by atoms with E-state index in [1.165, 1.54) is 4.90 Å². The lowest BCUT2D eigenvalue weighted by atomic mass is 10.1. The Morgan fingerprint density at radius 1 is 0.931 bits per heavy atom. The standard InChI is InChI=1S/C24H26N2O2S/c1-29-21-13-11-19(12-14-21)17-26(16-15-25)24(27)22-9-5-6-10-23(22)28-18-20-7-3-2-4-8-20/h2-14H,15-18,25H2,1H3. The van der Waals surface area contributed by atoms with Gasteiger partial charge in [-0.15, -0.1) is 11.8 Å². The van der Waals surface area contributed by atoms with Crippen molar-refractivity contribution in [2.75, 3.05) is 19.3 Å². The molecule has 2 N–H and O–H groups in total. The second kappa shape index (κ2) is 10.7. The molecule has 1 amide bonds. The van der Waals surface area contributed by atoms with E-state index in [4.69, 9.17) is 10.5 Å². The molecule has 0 aliphatic rings. The van der Waals surface area contributed by atoms with E-state index in [1.54, 1.807) is 16.7 Å². The molecule has 3 rings (SSSR count). The van der Waals surface area contributed by atoms with Crippen molar-refractivity contribution in [2.24, 2.45) is 5.73 Å². The van der Waals surface area contributed by atoms with E-state index < -0.39 is 0 Å². The minimum atomic E-state index is -0.0759. The zero-order chi connectivity index (χ0) is 20.5. The normalized spacial score (nSPS) is 10.6. The zero-order valence-corrected chi connectivity index (χ0v) is 17.4. The lowest BCUT2D eigenvalue weighted by Crippen LogP contribution is -2.35. The summed E-state index contributed by atoms with van der Waals surface area (Å²) in [4.78, 5) is 16.3. The van der Waals surface area contributed by atoms with E-state index in [1.807, 2.05) is 60.9 Å². The molecule has 4 nitrogen and oxygen atoms in total. The van der Waals surface area contributed by atoms with Crippen molar-refractivity contribution in [3.05, 3.63) is 95.6 Å². The fraction of sp³-hybridized carbons (Fsp3) is 0.208. The highest BCUT2D eigenvalue weighted by Crippen LogP contribution is 2.23. The van der Waals surface area contributed by atoms with Crippen LogP contribution in [-0.2, 0) is 13.2 Å². The van der Waals surface area contributed by atoms with E-state index in [9.17, 15) is 4.79 Å². The van der Waals surface area contributed by atoms with Crippen molar-refractivity contribution in [3.63, 3.8) is 0 Å². The molecule has 0 bridgehead atoms. The van der Waals surface area contributed by atoms with Crippen molar-refractivity contribution in [3.8, 4) is 5.75 Å². The molecule has 0 fully saturated rings. The fourth-order valence-corrected chi connectivity index (χ4v) is 3.44. The number of ether oxygens (including phenoxy) is 1. The molecule has 0 aliphatic carbocycles. The molecule has 3 aromatic rings. The minimum absolute atomic E-state index is 0.0759. The van der Waals surface area contributed by atoms with E-state index >= 15 is 0 Å². The molecular weight excluding hydrogens is 380 g/mol. The monoisotopic (exact) mass is 406 g/mol. The highest BCUT2D eigenvalue weighted by atomic mass is 32.2. The van der Waals surface area contributed by atoms with Crippen molar-refractivity contribution in [1.82, 2.24) is 4.90 Å². The summed E-state index contributed by atoms with van der Waals surface area (Å²) in [7, 11) is 0. The predicted molar refractivity (Wildman–Crippen MR) is 119 cm³/mol. The Bertz CT molecular complexity index is 914. The second-order valence-corrected chi connectivity index (χ2v) is 7.51. The third kappa shape index (κ3) is 5.86. The summed E-state index contributed by atoms with van der Waals surface area (Å²) in [6.45, 7) is 1.81. The number of nitrogens with zero attached hydrogens (tertiary/aromatic N) is 1. The van der Waals surface area contributed by atoms with Crippen LogP contribution in [0.1, 0.15) is 21.5 Å². The topological polar surface area (TPSA) is 55.6 Å². The first-order chi connectivity index (χ1) is 14.2. The van der Waals surface area contributed by atoms with Gasteiger partial charge in [-0.1, -0.05) is 54.6 Å². The molecule has 0 unspecified atom stereocenters. The number of amides is 1. The summed E-state index contributed by atoms with van der Waals surface area (Å²) in [5.41, 5.74) is 8.48. The van der Waals surface area contributed by atoms with Gasteiger partial charge >= 0.3 is 0 Å². The number of carbonyl (C=O) groups excluding carboxylic acids is 1. The Hall–Kier alpha value is -2.76. The predicted octanol–water partition coefficient (Wildman–Crippen LogP) is 4.59. The van der Waals surface area contributed by atoms with Crippen LogP contribution in [0.15, 0.2) is 83.8 Å². The smallest absolute Gasteiger partial charge is 0.257 e. The summed E-state index contributed by atoms with van der Waals surface area (Å²) in [6, 6.07) is 25.6. The third-order valence-electron chi connectivity index (χ3n) is 4.57. The highest BCUT2D eigenvalue weighted by Gasteiger charge is 2.19. The van der Waals surface area contributed by atoms with Crippen LogP contribution in [0.5, 0.6) is 5.75 Å².